The molecule has 3 N–H and O–H groups in total. The summed E-state index contributed by atoms with van der Waals surface area (Å²) in [5, 5.41) is 11.9. The van der Waals surface area contributed by atoms with Crippen molar-refractivity contribution < 1.29 is 9.90 Å². The summed E-state index contributed by atoms with van der Waals surface area (Å²) in [5.74, 6) is -0.194. The first-order valence-corrected chi connectivity index (χ1v) is 6.45. The normalized spacial score (nSPS) is 12.7. The standard InChI is InChI=1S/C14H19N3O2/c1-9(14(18)19)8-15-6-5-11-3-4-12-13(7-11)17-10(2)16-12/h3-4,7,9,15H,5-6,8H2,1-2H3,(H,16,17)(H,18,19). The van der Waals surface area contributed by atoms with Crippen molar-refractivity contribution in [2.75, 3.05) is 13.1 Å². The Morgan fingerprint density at radius 3 is 3.05 bits per heavy atom. The number of hydrogen-bond donors (Lipinski definition) is 3. The van der Waals surface area contributed by atoms with Crippen LogP contribution in [0.2, 0.25) is 0 Å². The summed E-state index contributed by atoms with van der Waals surface area (Å²) in [7, 11) is 0. The van der Waals surface area contributed by atoms with Crippen LogP contribution in [0.25, 0.3) is 11.0 Å². The number of nitrogens with zero attached hydrogens (tertiary/aromatic N) is 1. The van der Waals surface area contributed by atoms with Gasteiger partial charge in [-0.05, 0) is 37.6 Å². The van der Waals surface area contributed by atoms with E-state index in [2.05, 4.69) is 27.4 Å². The molecule has 0 aliphatic carbocycles. The van der Waals surface area contributed by atoms with Gasteiger partial charge in [-0.15, -0.1) is 0 Å². The summed E-state index contributed by atoms with van der Waals surface area (Å²) in [5.41, 5.74) is 3.24. The molecule has 2 rings (SSSR count). The predicted octanol–water partition coefficient (Wildman–Crippen LogP) is 1.72. The molecule has 0 saturated carbocycles. The molecule has 0 aliphatic heterocycles. The van der Waals surface area contributed by atoms with E-state index in [1.807, 2.05) is 13.0 Å². The molecule has 2 aromatic rings. The van der Waals surface area contributed by atoms with Gasteiger partial charge in [0, 0.05) is 6.54 Å². The van der Waals surface area contributed by atoms with Gasteiger partial charge in [-0.2, -0.15) is 0 Å². The quantitative estimate of drug-likeness (QED) is 0.692. The lowest BCUT2D eigenvalue weighted by Gasteiger charge is -2.08. The Morgan fingerprint density at radius 1 is 1.53 bits per heavy atom. The minimum absolute atomic E-state index is 0.349. The summed E-state index contributed by atoms with van der Waals surface area (Å²) in [6.07, 6.45) is 0.875. The highest BCUT2D eigenvalue weighted by Gasteiger charge is 2.09. The number of carboxylic acid groups (broad SMARTS) is 1. The van der Waals surface area contributed by atoms with E-state index in [9.17, 15) is 4.79 Å². The van der Waals surface area contributed by atoms with Crippen LogP contribution in [0.4, 0.5) is 0 Å². The molecule has 5 heteroatoms. The van der Waals surface area contributed by atoms with E-state index in [1.54, 1.807) is 6.92 Å². The second-order valence-corrected chi connectivity index (χ2v) is 4.87. The van der Waals surface area contributed by atoms with Gasteiger partial charge >= 0.3 is 5.97 Å². The van der Waals surface area contributed by atoms with Crippen LogP contribution in [0.5, 0.6) is 0 Å². The number of hydrogen-bond acceptors (Lipinski definition) is 3. The van der Waals surface area contributed by atoms with Gasteiger partial charge in [0.25, 0.3) is 0 Å². The van der Waals surface area contributed by atoms with E-state index in [4.69, 9.17) is 5.11 Å². The van der Waals surface area contributed by atoms with E-state index >= 15 is 0 Å². The van der Waals surface area contributed by atoms with Crippen molar-refractivity contribution >= 4 is 17.0 Å². The van der Waals surface area contributed by atoms with Crippen molar-refractivity contribution in [2.24, 2.45) is 5.92 Å². The first kappa shape index (κ1) is 13.5. The van der Waals surface area contributed by atoms with Crippen LogP contribution in [0.15, 0.2) is 18.2 Å². The number of aromatic amines is 1. The zero-order chi connectivity index (χ0) is 13.8. The molecule has 1 atom stereocenters. The minimum atomic E-state index is -0.762. The Hall–Kier alpha value is -1.88. The lowest BCUT2D eigenvalue weighted by molar-refractivity contribution is -0.140. The zero-order valence-corrected chi connectivity index (χ0v) is 11.2. The second-order valence-electron chi connectivity index (χ2n) is 4.87. The number of aliphatic carboxylic acids is 1. The van der Waals surface area contributed by atoms with Crippen molar-refractivity contribution in [3.8, 4) is 0 Å². The number of fused-ring (bicyclic) bond motifs is 1. The van der Waals surface area contributed by atoms with Gasteiger partial charge in [-0.3, -0.25) is 4.79 Å². The highest BCUT2D eigenvalue weighted by molar-refractivity contribution is 5.75. The average molecular weight is 261 g/mol. The molecule has 102 valence electrons. The molecule has 0 fully saturated rings. The Bertz CT molecular complexity index is 577. The third kappa shape index (κ3) is 3.54. The fourth-order valence-corrected chi connectivity index (χ4v) is 1.98. The van der Waals surface area contributed by atoms with Gasteiger partial charge in [-0.25, -0.2) is 4.98 Å². The summed E-state index contributed by atoms with van der Waals surface area (Å²) >= 11 is 0. The second kappa shape index (κ2) is 5.84. The molecule has 5 nitrogen and oxygen atoms in total. The van der Waals surface area contributed by atoms with Crippen LogP contribution in [0.3, 0.4) is 0 Å². The van der Waals surface area contributed by atoms with Crippen LogP contribution in [-0.4, -0.2) is 34.1 Å². The van der Waals surface area contributed by atoms with Crippen molar-refractivity contribution in [3.63, 3.8) is 0 Å². The van der Waals surface area contributed by atoms with Crippen LogP contribution < -0.4 is 5.32 Å². The topological polar surface area (TPSA) is 78.0 Å². The Kier molecular flexibility index (Phi) is 4.16. The molecule has 1 aromatic carbocycles. The fraction of sp³-hybridized carbons (Fsp3) is 0.429. The Balaban J connectivity index is 1.86. The van der Waals surface area contributed by atoms with E-state index in [-0.39, 0.29) is 5.92 Å². The monoisotopic (exact) mass is 261 g/mol. The first-order valence-electron chi connectivity index (χ1n) is 6.45. The van der Waals surface area contributed by atoms with Crippen LogP contribution in [0.1, 0.15) is 18.3 Å². The third-order valence-corrected chi connectivity index (χ3v) is 3.13. The van der Waals surface area contributed by atoms with Gasteiger partial charge < -0.3 is 15.4 Å². The molecule has 1 aromatic heterocycles. The smallest absolute Gasteiger partial charge is 0.307 e. The molecule has 1 unspecified atom stereocenters. The zero-order valence-electron chi connectivity index (χ0n) is 11.2. The van der Waals surface area contributed by atoms with Gasteiger partial charge in [-0.1, -0.05) is 13.0 Å². The van der Waals surface area contributed by atoms with Crippen molar-refractivity contribution in [1.82, 2.24) is 15.3 Å². The third-order valence-electron chi connectivity index (χ3n) is 3.13. The van der Waals surface area contributed by atoms with Crippen molar-refractivity contribution in [2.45, 2.75) is 20.3 Å². The molecule has 0 saturated heterocycles. The maximum atomic E-state index is 10.7. The summed E-state index contributed by atoms with van der Waals surface area (Å²) < 4.78 is 0. The van der Waals surface area contributed by atoms with Gasteiger partial charge in [0.2, 0.25) is 0 Å². The van der Waals surface area contributed by atoms with Gasteiger partial charge in [0.05, 0.1) is 17.0 Å². The molecule has 0 radical (unpaired) electrons. The van der Waals surface area contributed by atoms with E-state index in [0.29, 0.717) is 6.54 Å². The van der Waals surface area contributed by atoms with E-state index in [1.165, 1.54) is 5.56 Å². The molecule has 0 amide bonds. The van der Waals surface area contributed by atoms with Gasteiger partial charge in [0.1, 0.15) is 5.82 Å². The first-order chi connectivity index (χ1) is 9.06. The number of carboxylic acids is 1. The SMILES string of the molecule is Cc1nc2ccc(CCNCC(C)C(=O)O)cc2[nH]1. The van der Waals surface area contributed by atoms with Crippen LogP contribution >= 0.6 is 0 Å². The van der Waals surface area contributed by atoms with Crippen molar-refractivity contribution in [1.29, 1.82) is 0 Å². The Labute approximate surface area is 112 Å². The number of H-pyrrole nitrogens is 1. The lowest BCUT2D eigenvalue weighted by Crippen LogP contribution is -2.27. The highest BCUT2D eigenvalue weighted by Crippen LogP contribution is 2.13. The summed E-state index contributed by atoms with van der Waals surface area (Å²) in [6, 6.07) is 6.16. The number of aromatic nitrogens is 2. The molecule has 19 heavy (non-hydrogen) atoms. The van der Waals surface area contributed by atoms with E-state index in [0.717, 1.165) is 29.8 Å². The number of aryl methyl sites for hydroxylation is 1. The molecule has 1 heterocycles. The largest absolute Gasteiger partial charge is 0.481 e. The number of imidazole rings is 1. The number of carbonyl (C=O) groups is 1. The molecular weight excluding hydrogens is 242 g/mol. The summed E-state index contributed by atoms with van der Waals surface area (Å²) in [6.45, 7) is 4.92. The molecule has 0 aliphatic rings. The number of benzene rings is 1. The lowest BCUT2D eigenvalue weighted by atomic mass is 10.1. The van der Waals surface area contributed by atoms with Crippen LogP contribution in [0, 0.1) is 12.8 Å². The van der Waals surface area contributed by atoms with E-state index < -0.39 is 5.97 Å². The summed E-state index contributed by atoms with van der Waals surface area (Å²) in [4.78, 5) is 18.2. The van der Waals surface area contributed by atoms with Crippen molar-refractivity contribution in [3.05, 3.63) is 29.6 Å². The molecular formula is C14H19N3O2. The Morgan fingerprint density at radius 2 is 2.32 bits per heavy atom. The number of rotatable bonds is 6. The average Bonchev–Trinajstić information content (AvgIpc) is 2.73. The minimum Gasteiger partial charge on any atom is -0.481 e. The maximum absolute atomic E-state index is 10.7. The van der Waals surface area contributed by atoms with Crippen LogP contribution in [-0.2, 0) is 11.2 Å². The predicted molar refractivity (Wildman–Crippen MR) is 74.2 cm³/mol. The fourth-order valence-electron chi connectivity index (χ4n) is 1.98. The molecule has 0 spiro atoms. The van der Waals surface area contributed by atoms with Gasteiger partial charge in [0.15, 0.2) is 0 Å². The number of nitrogens with one attached hydrogen (secondary N) is 2. The maximum Gasteiger partial charge on any atom is 0.307 e. The molecule has 0 bridgehead atoms. The highest BCUT2D eigenvalue weighted by atomic mass is 16.4.